The zero-order chi connectivity index (χ0) is 14.8. The first-order valence-corrected chi connectivity index (χ1v) is 7.24. The standard InChI is InChI=1S/C15H24N4O/c1-10-5-3-4-8-15(10,9-16)19-14-12(13(17)20)7-6-11(2)18-14/h6-7,10H,3-5,8-9,16H2,1-2H3,(H2,17,20)(H,18,19). The average Bonchev–Trinajstić information content (AvgIpc) is 2.41. The molecule has 110 valence electrons. The number of carbonyl (C=O) groups is 1. The van der Waals surface area contributed by atoms with Crippen LogP contribution in [-0.4, -0.2) is 23.0 Å². The van der Waals surface area contributed by atoms with Gasteiger partial charge in [-0.3, -0.25) is 4.79 Å². The number of aromatic nitrogens is 1. The fraction of sp³-hybridized carbons (Fsp3) is 0.600. The summed E-state index contributed by atoms with van der Waals surface area (Å²) in [7, 11) is 0. The lowest BCUT2D eigenvalue weighted by Crippen LogP contribution is -2.53. The molecule has 5 nitrogen and oxygen atoms in total. The van der Waals surface area contributed by atoms with Crippen molar-refractivity contribution in [3.63, 3.8) is 0 Å². The van der Waals surface area contributed by atoms with Gasteiger partial charge in [0.25, 0.3) is 5.91 Å². The Kier molecular flexibility index (Phi) is 4.28. The fourth-order valence-electron chi connectivity index (χ4n) is 3.04. The van der Waals surface area contributed by atoms with E-state index in [-0.39, 0.29) is 5.54 Å². The van der Waals surface area contributed by atoms with Crippen LogP contribution in [0.2, 0.25) is 0 Å². The molecule has 5 N–H and O–H groups in total. The summed E-state index contributed by atoms with van der Waals surface area (Å²) in [6.45, 7) is 4.64. The van der Waals surface area contributed by atoms with Crippen LogP contribution in [0.25, 0.3) is 0 Å². The topological polar surface area (TPSA) is 94.0 Å². The second-order valence-electron chi connectivity index (χ2n) is 5.85. The Morgan fingerprint density at radius 2 is 2.25 bits per heavy atom. The predicted molar refractivity (Wildman–Crippen MR) is 80.5 cm³/mol. The zero-order valence-electron chi connectivity index (χ0n) is 12.3. The number of carbonyl (C=O) groups excluding carboxylic acids is 1. The van der Waals surface area contributed by atoms with Crippen molar-refractivity contribution < 1.29 is 4.79 Å². The summed E-state index contributed by atoms with van der Waals surface area (Å²) in [4.78, 5) is 16.0. The van der Waals surface area contributed by atoms with E-state index in [9.17, 15) is 4.79 Å². The van der Waals surface area contributed by atoms with Gasteiger partial charge in [0.05, 0.1) is 11.1 Å². The third-order valence-electron chi connectivity index (χ3n) is 4.48. The van der Waals surface area contributed by atoms with Gasteiger partial charge >= 0.3 is 0 Å². The molecule has 1 aromatic heterocycles. The van der Waals surface area contributed by atoms with Crippen LogP contribution in [0.4, 0.5) is 5.82 Å². The summed E-state index contributed by atoms with van der Waals surface area (Å²) in [5.74, 6) is 0.552. The highest BCUT2D eigenvalue weighted by molar-refractivity contribution is 5.97. The van der Waals surface area contributed by atoms with Crippen molar-refractivity contribution in [2.24, 2.45) is 17.4 Å². The van der Waals surface area contributed by atoms with Gasteiger partial charge in [-0.05, 0) is 37.8 Å². The lowest BCUT2D eigenvalue weighted by molar-refractivity contribution is 0.100. The Bertz CT molecular complexity index is 503. The number of nitrogens with two attached hydrogens (primary N) is 2. The number of nitrogens with one attached hydrogen (secondary N) is 1. The Morgan fingerprint density at radius 1 is 1.50 bits per heavy atom. The molecule has 2 rings (SSSR count). The highest BCUT2D eigenvalue weighted by Gasteiger charge is 2.37. The number of anilines is 1. The summed E-state index contributed by atoms with van der Waals surface area (Å²) in [6, 6.07) is 3.52. The molecule has 0 aromatic carbocycles. The summed E-state index contributed by atoms with van der Waals surface area (Å²) in [5, 5.41) is 3.45. The van der Waals surface area contributed by atoms with Gasteiger partial charge in [-0.1, -0.05) is 19.8 Å². The van der Waals surface area contributed by atoms with Crippen LogP contribution in [0.3, 0.4) is 0 Å². The first-order chi connectivity index (χ1) is 9.48. The van der Waals surface area contributed by atoms with Crippen molar-refractivity contribution in [1.29, 1.82) is 0 Å². The summed E-state index contributed by atoms with van der Waals surface area (Å²) in [5.41, 5.74) is 12.6. The highest BCUT2D eigenvalue weighted by Crippen LogP contribution is 2.36. The number of pyridine rings is 1. The van der Waals surface area contributed by atoms with E-state index in [1.54, 1.807) is 12.1 Å². The molecule has 0 aliphatic heterocycles. The van der Waals surface area contributed by atoms with Gasteiger partial charge in [0.15, 0.2) is 0 Å². The predicted octanol–water partition coefficient (Wildman–Crippen LogP) is 1.81. The van der Waals surface area contributed by atoms with Gasteiger partial charge in [-0.2, -0.15) is 0 Å². The van der Waals surface area contributed by atoms with Crippen molar-refractivity contribution in [2.75, 3.05) is 11.9 Å². The Balaban J connectivity index is 2.36. The molecular formula is C15H24N4O. The monoisotopic (exact) mass is 276 g/mol. The Labute approximate surface area is 120 Å². The van der Waals surface area contributed by atoms with Gasteiger partial charge in [0.1, 0.15) is 5.82 Å². The number of hydrogen-bond donors (Lipinski definition) is 3. The number of nitrogens with zero attached hydrogens (tertiary/aromatic N) is 1. The van der Waals surface area contributed by atoms with Crippen molar-refractivity contribution in [3.05, 3.63) is 23.4 Å². The minimum atomic E-state index is -0.462. The maximum absolute atomic E-state index is 11.6. The number of hydrogen-bond acceptors (Lipinski definition) is 4. The van der Waals surface area contributed by atoms with E-state index in [2.05, 4.69) is 17.2 Å². The van der Waals surface area contributed by atoms with Crippen LogP contribution in [0, 0.1) is 12.8 Å². The van der Waals surface area contributed by atoms with Gasteiger partial charge < -0.3 is 16.8 Å². The number of rotatable bonds is 4. The molecule has 0 bridgehead atoms. The average molecular weight is 276 g/mol. The van der Waals surface area contributed by atoms with Crippen LogP contribution < -0.4 is 16.8 Å². The first-order valence-electron chi connectivity index (χ1n) is 7.24. The zero-order valence-corrected chi connectivity index (χ0v) is 12.3. The smallest absolute Gasteiger partial charge is 0.252 e. The molecule has 5 heteroatoms. The van der Waals surface area contributed by atoms with E-state index in [1.807, 2.05) is 6.92 Å². The SMILES string of the molecule is Cc1ccc(C(N)=O)c(NC2(CN)CCCCC2C)n1. The molecule has 2 atom stereocenters. The molecule has 1 amide bonds. The largest absolute Gasteiger partial charge is 0.365 e. The Morgan fingerprint density at radius 3 is 2.85 bits per heavy atom. The second kappa shape index (κ2) is 5.79. The molecule has 0 radical (unpaired) electrons. The van der Waals surface area contributed by atoms with E-state index in [4.69, 9.17) is 11.5 Å². The lowest BCUT2D eigenvalue weighted by atomic mass is 9.73. The Hall–Kier alpha value is -1.62. The summed E-state index contributed by atoms with van der Waals surface area (Å²) < 4.78 is 0. The molecule has 1 fully saturated rings. The summed E-state index contributed by atoms with van der Waals surface area (Å²) in [6.07, 6.45) is 4.52. The molecule has 1 aromatic rings. The second-order valence-corrected chi connectivity index (χ2v) is 5.85. The lowest BCUT2D eigenvalue weighted by Gasteiger charge is -2.43. The molecule has 1 saturated carbocycles. The molecule has 1 heterocycles. The highest BCUT2D eigenvalue weighted by atomic mass is 16.1. The van der Waals surface area contributed by atoms with Gasteiger partial charge in [0, 0.05) is 12.2 Å². The number of aryl methyl sites for hydroxylation is 1. The summed E-state index contributed by atoms with van der Waals surface area (Å²) >= 11 is 0. The first kappa shape index (κ1) is 14.8. The van der Waals surface area contributed by atoms with Crippen molar-refractivity contribution in [1.82, 2.24) is 4.98 Å². The third kappa shape index (κ3) is 2.77. The minimum absolute atomic E-state index is 0.191. The molecule has 1 aliphatic carbocycles. The molecular weight excluding hydrogens is 252 g/mol. The normalized spacial score (nSPS) is 26.2. The maximum atomic E-state index is 11.6. The van der Waals surface area contributed by atoms with Crippen LogP contribution in [0.15, 0.2) is 12.1 Å². The van der Waals surface area contributed by atoms with E-state index in [1.165, 1.54) is 6.42 Å². The maximum Gasteiger partial charge on any atom is 0.252 e. The van der Waals surface area contributed by atoms with Crippen LogP contribution in [-0.2, 0) is 0 Å². The fourth-order valence-corrected chi connectivity index (χ4v) is 3.04. The van der Waals surface area contributed by atoms with Crippen molar-refractivity contribution in [3.8, 4) is 0 Å². The van der Waals surface area contributed by atoms with E-state index < -0.39 is 5.91 Å². The third-order valence-corrected chi connectivity index (χ3v) is 4.48. The van der Waals surface area contributed by atoms with Crippen molar-refractivity contribution >= 4 is 11.7 Å². The van der Waals surface area contributed by atoms with Crippen LogP contribution in [0.1, 0.15) is 48.7 Å². The number of primary amides is 1. The van der Waals surface area contributed by atoms with Crippen LogP contribution >= 0.6 is 0 Å². The van der Waals surface area contributed by atoms with Gasteiger partial charge in [-0.15, -0.1) is 0 Å². The molecule has 2 unspecified atom stereocenters. The van der Waals surface area contributed by atoms with Gasteiger partial charge in [0.2, 0.25) is 0 Å². The number of amides is 1. The quantitative estimate of drug-likeness (QED) is 0.781. The minimum Gasteiger partial charge on any atom is -0.365 e. The molecule has 20 heavy (non-hydrogen) atoms. The van der Waals surface area contributed by atoms with Crippen molar-refractivity contribution in [2.45, 2.75) is 45.1 Å². The van der Waals surface area contributed by atoms with Crippen LogP contribution in [0.5, 0.6) is 0 Å². The van der Waals surface area contributed by atoms with Gasteiger partial charge in [-0.25, -0.2) is 4.98 Å². The van der Waals surface area contributed by atoms with E-state index in [0.717, 1.165) is 25.0 Å². The van der Waals surface area contributed by atoms with E-state index >= 15 is 0 Å². The molecule has 0 spiro atoms. The molecule has 1 aliphatic rings. The van der Waals surface area contributed by atoms with E-state index in [0.29, 0.717) is 23.8 Å². The molecule has 0 saturated heterocycles.